The van der Waals surface area contributed by atoms with Crippen LogP contribution < -0.4 is 5.73 Å². The van der Waals surface area contributed by atoms with Crippen LogP contribution in [0.15, 0.2) is 47.6 Å². The van der Waals surface area contributed by atoms with Gasteiger partial charge in [0, 0.05) is 37.2 Å². The Morgan fingerprint density at radius 3 is 2.62 bits per heavy atom. The molecule has 1 aliphatic rings. The Morgan fingerprint density at radius 1 is 1.28 bits per heavy atom. The predicted octanol–water partition coefficient (Wildman–Crippen LogP) is 2.26. The molecule has 32 heavy (non-hydrogen) atoms. The molecule has 0 amide bonds. The molecule has 3 rings (SSSR count). The molecule has 0 saturated carbocycles. The minimum absolute atomic E-state index is 0.0468. The van der Waals surface area contributed by atoms with Crippen molar-refractivity contribution in [2.75, 3.05) is 27.3 Å². The number of pyridine rings is 1. The predicted molar refractivity (Wildman–Crippen MR) is 122 cm³/mol. The van der Waals surface area contributed by atoms with E-state index in [1.807, 2.05) is 50.1 Å². The molecule has 0 saturated heterocycles. The summed E-state index contributed by atoms with van der Waals surface area (Å²) in [5.74, 6) is -0.755. The molecule has 2 aromatic rings. The van der Waals surface area contributed by atoms with Crippen molar-refractivity contribution in [3.05, 3.63) is 58.8 Å². The number of ether oxygens (including phenoxy) is 2. The number of para-hydroxylation sites is 1. The molecule has 1 unspecified atom stereocenters. The summed E-state index contributed by atoms with van der Waals surface area (Å²) in [7, 11) is 3.31. The first-order valence-electron chi connectivity index (χ1n) is 10.4. The van der Waals surface area contributed by atoms with E-state index in [2.05, 4.69) is 6.07 Å². The van der Waals surface area contributed by atoms with Gasteiger partial charge in [0.2, 0.25) is 0 Å². The van der Waals surface area contributed by atoms with E-state index >= 15 is 0 Å². The standard InChI is InChI=1S/C22H23N3O5.C2H6/c1-25-10-15-7-14-5-3-4-6-18(14)24-22(15)19(25)8-17(16(11-26)13-29-2)20(12-27)30-21(28)9-23;1-2/h3-8,11-12,20H,9-10,13,23H2,1-2H3;1-2H3/b17-16-,19-8-;. The number of aldehydes is 2. The number of methoxy groups -OCH3 is 1. The normalized spacial score (nSPS) is 15.4. The van der Waals surface area contributed by atoms with Crippen LogP contribution >= 0.6 is 0 Å². The Kier molecular flexibility index (Phi) is 9.24. The third kappa shape index (κ3) is 5.46. The molecule has 0 spiro atoms. The van der Waals surface area contributed by atoms with Crippen molar-refractivity contribution in [2.45, 2.75) is 26.5 Å². The maximum absolute atomic E-state index is 11.7. The monoisotopic (exact) mass is 439 g/mol. The Balaban J connectivity index is 0.00000176. The highest BCUT2D eigenvalue weighted by Crippen LogP contribution is 2.34. The lowest BCUT2D eigenvalue weighted by Gasteiger charge is -2.19. The van der Waals surface area contributed by atoms with Gasteiger partial charge in [-0.25, -0.2) is 4.98 Å². The van der Waals surface area contributed by atoms with Crippen LogP contribution in [-0.4, -0.2) is 61.8 Å². The second-order valence-electron chi connectivity index (χ2n) is 6.86. The lowest BCUT2D eigenvalue weighted by atomic mass is 10.0. The van der Waals surface area contributed by atoms with Gasteiger partial charge in [0.1, 0.15) is 6.29 Å². The number of aromatic nitrogens is 1. The number of fused-ring (bicyclic) bond motifs is 2. The molecule has 8 nitrogen and oxygen atoms in total. The average molecular weight is 440 g/mol. The number of hydrogen-bond donors (Lipinski definition) is 1. The van der Waals surface area contributed by atoms with E-state index in [9.17, 15) is 14.4 Å². The summed E-state index contributed by atoms with van der Waals surface area (Å²) in [6.07, 6.45) is 1.41. The summed E-state index contributed by atoms with van der Waals surface area (Å²) in [5.41, 5.74) is 9.02. The molecule has 2 heterocycles. The van der Waals surface area contributed by atoms with Gasteiger partial charge in [0.15, 0.2) is 12.4 Å². The first-order valence-corrected chi connectivity index (χ1v) is 10.4. The van der Waals surface area contributed by atoms with Gasteiger partial charge >= 0.3 is 5.97 Å². The first kappa shape index (κ1) is 24.9. The van der Waals surface area contributed by atoms with Crippen LogP contribution in [0, 0.1) is 0 Å². The van der Waals surface area contributed by atoms with E-state index in [1.165, 1.54) is 7.11 Å². The topological polar surface area (TPSA) is 112 Å². The Bertz CT molecular complexity index is 1050. The number of rotatable bonds is 8. The molecule has 0 aliphatic carbocycles. The van der Waals surface area contributed by atoms with Crippen molar-refractivity contribution in [3.8, 4) is 0 Å². The molecule has 0 fully saturated rings. The third-order valence-electron chi connectivity index (χ3n) is 4.82. The van der Waals surface area contributed by atoms with Crippen molar-refractivity contribution in [2.24, 2.45) is 5.73 Å². The highest BCUT2D eigenvalue weighted by atomic mass is 16.5. The fourth-order valence-electron chi connectivity index (χ4n) is 3.40. The van der Waals surface area contributed by atoms with Crippen LogP contribution in [0.4, 0.5) is 0 Å². The number of hydrogen-bond acceptors (Lipinski definition) is 8. The maximum Gasteiger partial charge on any atom is 0.320 e. The number of esters is 1. The minimum atomic E-state index is -1.29. The molecule has 170 valence electrons. The van der Waals surface area contributed by atoms with E-state index in [0.29, 0.717) is 24.8 Å². The molecule has 1 aromatic carbocycles. The molecule has 0 radical (unpaired) electrons. The fourth-order valence-corrected chi connectivity index (χ4v) is 3.40. The second kappa shape index (κ2) is 11.9. The first-order chi connectivity index (χ1) is 15.5. The Morgan fingerprint density at radius 2 is 2.00 bits per heavy atom. The van der Waals surface area contributed by atoms with Gasteiger partial charge in [-0.3, -0.25) is 14.4 Å². The fraction of sp³-hybridized carbons (Fsp3) is 0.333. The summed E-state index contributed by atoms with van der Waals surface area (Å²) in [4.78, 5) is 41.9. The van der Waals surface area contributed by atoms with Gasteiger partial charge < -0.3 is 20.1 Å². The van der Waals surface area contributed by atoms with Crippen LogP contribution in [0.2, 0.25) is 0 Å². The van der Waals surface area contributed by atoms with E-state index in [4.69, 9.17) is 20.2 Å². The molecule has 2 N–H and O–H groups in total. The quantitative estimate of drug-likeness (QED) is 0.379. The number of nitrogens with zero attached hydrogens (tertiary/aromatic N) is 2. The highest BCUT2D eigenvalue weighted by Gasteiger charge is 2.27. The Labute approximate surface area is 187 Å². The van der Waals surface area contributed by atoms with E-state index in [0.717, 1.165) is 22.2 Å². The largest absolute Gasteiger partial charge is 0.449 e. The summed E-state index contributed by atoms with van der Waals surface area (Å²) in [6.45, 7) is 4.18. The molecule has 0 bridgehead atoms. The zero-order valence-electron chi connectivity index (χ0n) is 18.8. The van der Waals surface area contributed by atoms with Crippen LogP contribution in [0.25, 0.3) is 16.6 Å². The van der Waals surface area contributed by atoms with E-state index in [1.54, 1.807) is 6.08 Å². The number of nitrogens with two attached hydrogens (primary N) is 1. The zero-order chi connectivity index (χ0) is 23.7. The lowest BCUT2D eigenvalue weighted by Crippen LogP contribution is -2.28. The lowest BCUT2D eigenvalue weighted by molar-refractivity contribution is -0.148. The zero-order valence-corrected chi connectivity index (χ0v) is 18.8. The number of benzene rings is 1. The van der Waals surface area contributed by atoms with Gasteiger partial charge in [-0.1, -0.05) is 32.0 Å². The van der Waals surface area contributed by atoms with Crippen LogP contribution in [-0.2, 0) is 30.4 Å². The molecule has 1 aromatic heterocycles. The van der Waals surface area contributed by atoms with Crippen molar-refractivity contribution in [3.63, 3.8) is 0 Å². The molecular weight excluding hydrogens is 410 g/mol. The van der Waals surface area contributed by atoms with E-state index < -0.39 is 12.1 Å². The van der Waals surface area contributed by atoms with Gasteiger partial charge in [-0.15, -0.1) is 0 Å². The molecule has 8 heteroatoms. The van der Waals surface area contributed by atoms with Crippen molar-refractivity contribution >= 4 is 35.1 Å². The average Bonchev–Trinajstić information content (AvgIpc) is 3.13. The van der Waals surface area contributed by atoms with Gasteiger partial charge in [0.25, 0.3) is 0 Å². The summed E-state index contributed by atoms with van der Waals surface area (Å²) < 4.78 is 10.2. The molecule has 1 aliphatic heterocycles. The molecule has 1 atom stereocenters. The van der Waals surface area contributed by atoms with Crippen LogP contribution in [0.3, 0.4) is 0 Å². The van der Waals surface area contributed by atoms with Crippen molar-refractivity contribution in [1.29, 1.82) is 0 Å². The summed E-state index contributed by atoms with van der Waals surface area (Å²) in [6, 6.07) is 9.84. The van der Waals surface area contributed by atoms with Crippen molar-refractivity contribution in [1.82, 2.24) is 9.88 Å². The van der Waals surface area contributed by atoms with Gasteiger partial charge in [-0.05, 0) is 23.8 Å². The van der Waals surface area contributed by atoms with Crippen LogP contribution in [0.1, 0.15) is 25.1 Å². The minimum Gasteiger partial charge on any atom is -0.449 e. The van der Waals surface area contributed by atoms with Crippen LogP contribution in [0.5, 0.6) is 0 Å². The van der Waals surface area contributed by atoms with E-state index in [-0.39, 0.29) is 24.3 Å². The number of carbonyl (C=O) groups is 3. The molecular formula is C24H29N3O5. The van der Waals surface area contributed by atoms with Gasteiger partial charge in [-0.2, -0.15) is 0 Å². The summed E-state index contributed by atoms with van der Waals surface area (Å²) >= 11 is 0. The number of carbonyl (C=O) groups excluding carboxylic acids is 3. The summed E-state index contributed by atoms with van der Waals surface area (Å²) in [5, 5.41) is 1.03. The third-order valence-corrected chi connectivity index (χ3v) is 4.82. The maximum atomic E-state index is 11.7. The van der Waals surface area contributed by atoms with Crippen molar-refractivity contribution < 1.29 is 23.9 Å². The Hall–Kier alpha value is -3.36. The second-order valence-corrected chi connectivity index (χ2v) is 6.86. The smallest absolute Gasteiger partial charge is 0.320 e. The highest BCUT2D eigenvalue weighted by molar-refractivity contribution is 5.87. The SMILES string of the molecule is CC.COC/C(C=O)=C(/C=C1/c2nc3ccccc3cc2CN1C)C(C=O)OC(=O)CN. The van der Waals surface area contributed by atoms with Gasteiger partial charge in [0.05, 0.1) is 30.1 Å².